The quantitative estimate of drug-likeness (QED) is 0.334. The predicted molar refractivity (Wildman–Crippen MR) is 95.5 cm³/mol. The van der Waals surface area contributed by atoms with Gasteiger partial charge < -0.3 is 19.1 Å². The highest BCUT2D eigenvalue weighted by atomic mass is 16.7. The molecule has 27 heavy (non-hydrogen) atoms. The van der Waals surface area contributed by atoms with E-state index in [1.165, 1.54) is 24.3 Å². The van der Waals surface area contributed by atoms with Gasteiger partial charge in [0.2, 0.25) is 0 Å². The van der Waals surface area contributed by atoms with Crippen LogP contribution >= 0.6 is 0 Å². The smallest absolute Gasteiger partial charge is 0.421 e. The molecule has 9 nitrogen and oxygen atoms in total. The average Bonchev–Trinajstić information content (AvgIpc) is 2.60. The van der Waals surface area contributed by atoms with Crippen molar-refractivity contribution in [2.75, 3.05) is 26.3 Å². The first-order chi connectivity index (χ1) is 12.7. The van der Waals surface area contributed by atoms with Crippen molar-refractivity contribution in [2.24, 2.45) is 5.41 Å². The maximum absolute atomic E-state index is 12.7. The molecule has 2 rings (SSSR count). The molecule has 0 saturated carbocycles. The standard InChI is InChI=1S/C18H24N2O7/c1-18(2,3)12-15(16(21)19-8-10-25-11-9-19)27-17(22)26-14-6-4-13(5-7-14)20(23)24/h4-7,15H,8-12H2,1-3H3. The Morgan fingerprint density at radius 3 is 2.33 bits per heavy atom. The van der Waals surface area contributed by atoms with Crippen molar-refractivity contribution in [1.82, 2.24) is 4.90 Å². The summed E-state index contributed by atoms with van der Waals surface area (Å²) in [6, 6.07) is 5.02. The maximum atomic E-state index is 12.7. The Kier molecular flexibility index (Phi) is 6.73. The number of benzene rings is 1. The van der Waals surface area contributed by atoms with Gasteiger partial charge in [-0.2, -0.15) is 0 Å². The van der Waals surface area contributed by atoms with Crippen molar-refractivity contribution >= 4 is 17.7 Å². The van der Waals surface area contributed by atoms with Gasteiger partial charge in [0, 0.05) is 25.2 Å². The predicted octanol–water partition coefficient (Wildman–Crippen LogP) is 2.77. The van der Waals surface area contributed by atoms with Crippen LogP contribution < -0.4 is 4.74 Å². The van der Waals surface area contributed by atoms with E-state index < -0.39 is 17.2 Å². The Morgan fingerprint density at radius 2 is 1.81 bits per heavy atom. The Bertz CT molecular complexity index is 676. The zero-order chi connectivity index (χ0) is 20.0. The van der Waals surface area contributed by atoms with Gasteiger partial charge in [-0.1, -0.05) is 20.8 Å². The van der Waals surface area contributed by atoms with Crippen molar-refractivity contribution < 1.29 is 28.7 Å². The van der Waals surface area contributed by atoms with E-state index in [1.807, 2.05) is 20.8 Å². The molecule has 1 saturated heterocycles. The molecule has 148 valence electrons. The van der Waals surface area contributed by atoms with Gasteiger partial charge in [-0.05, 0) is 24.0 Å². The minimum atomic E-state index is -1.03. The van der Waals surface area contributed by atoms with Crippen LogP contribution in [0.5, 0.6) is 5.75 Å². The molecule has 1 unspecified atom stereocenters. The third kappa shape index (κ3) is 6.52. The van der Waals surface area contributed by atoms with Crippen LogP contribution in [0.25, 0.3) is 0 Å². The van der Waals surface area contributed by atoms with Crippen molar-refractivity contribution in [3.05, 3.63) is 34.4 Å². The summed E-state index contributed by atoms with van der Waals surface area (Å²) in [7, 11) is 0. The van der Waals surface area contributed by atoms with E-state index in [9.17, 15) is 19.7 Å². The molecule has 1 aliphatic rings. The third-order valence-corrected chi connectivity index (χ3v) is 3.88. The van der Waals surface area contributed by atoms with E-state index in [0.29, 0.717) is 32.7 Å². The van der Waals surface area contributed by atoms with E-state index in [1.54, 1.807) is 4.90 Å². The minimum Gasteiger partial charge on any atom is -0.421 e. The molecule has 0 spiro atoms. The fourth-order valence-corrected chi connectivity index (χ4v) is 2.60. The highest BCUT2D eigenvalue weighted by Crippen LogP contribution is 2.25. The Balaban J connectivity index is 2.03. The normalized spacial score (nSPS) is 15.7. The van der Waals surface area contributed by atoms with E-state index in [2.05, 4.69) is 0 Å². The van der Waals surface area contributed by atoms with Crippen LogP contribution in [0.15, 0.2) is 24.3 Å². The number of hydrogen-bond donors (Lipinski definition) is 0. The highest BCUT2D eigenvalue weighted by Gasteiger charge is 2.33. The number of ether oxygens (including phenoxy) is 3. The van der Waals surface area contributed by atoms with Gasteiger partial charge in [-0.3, -0.25) is 14.9 Å². The summed E-state index contributed by atoms with van der Waals surface area (Å²) >= 11 is 0. The van der Waals surface area contributed by atoms with E-state index in [4.69, 9.17) is 14.2 Å². The van der Waals surface area contributed by atoms with Gasteiger partial charge in [0.15, 0.2) is 6.10 Å². The molecule has 0 radical (unpaired) electrons. The molecule has 1 atom stereocenters. The number of morpholine rings is 1. The number of nitrogens with zero attached hydrogens (tertiary/aromatic N) is 2. The second-order valence-electron chi connectivity index (χ2n) is 7.41. The molecule has 1 fully saturated rings. The van der Waals surface area contributed by atoms with E-state index in [0.717, 1.165) is 0 Å². The summed E-state index contributed by atoms with van der Waals surface area (Å²) in [5.41, 5.74) is -0.371. The highest BCUT2D eigenvalue weighted by molar-refractivity contribution is 5.83. The lowest BCUT2D eigenvalue weighted by atomic mass is 9.88. The number of amides is 1. The molecule has 1 aliphatic heterocycles. The maximum Gasteiger partial charge on any atom is 0.514 e. The zero-order valence-electron chi connectivity index (χ0n) is 15.7. The molecule has 0 aliphatic carbocycles. The van der Waals surface area contributed by atoms with Crippen molar-refractivity contribution in [1.29, 1.82) is 0 Å². The van der Waals surface area contributed by atoms with Gasteiger partial charge in [-0.15, -0.1) is 0 Å². The minimum absolute atomic E-state index is 0.0962. The van der Waals surface area contributed by atoms with Gasteiger partial charge in [0.25, 0.3) is 11.6 Å². The van der Waals surface area contributed by atoms with Gasteiger partial charge >= 0.3 is 6.16 Å². The number of carbonyl (C=O) groups excluding carboxylic acids is 2. The molecule has 0 N–H and O–H groups in total. The first-order valence-corrected chi connectivity index (χ1v) is 8.65. The molecule has 0 aromatic heterocycles. The van der Waals surface area contributed by atoms with Crippen LogP contribution in [0, 0.1) is 15.5 Å². The van der Waals surface area contributed by atoms with Gasteiger partial charge in [0.05, 0.1) is 18.1 Å². The Hall–Kier alpha value is -2.68. The number of carbonyl (C=O) groups is 2. The molecule has 1 aromatic rings. The summed E-state index contributed by atoms with van der Waals surface area (Å²) in [5, 5.41) is 10.7. The van der Waals surface area contributed by atoms with E-state index >= 15 is 0 Å². The number of non-ortho nitro benzene ring substituents is 1. The second kappa shape index (κ2) is 8.81. The zero-order valence-corrected chi connectivity index (χ0v) is 15.7. The average molecular weight is 380 g/mol. The van der Waals surface area contributed by atoms with Crippen molar-refractivity contribution in [3.8, 4) is 5.75 Å². The van der Waals surface area contributed by atoms with Crippen LogP contribution in [0.4, 0.5) is 10.5 Å². The summed E-state index contributed by atoms with van der Waals surface area (Å²) in [6.45, 7) is 7.61. The topological polar surface area (TPSA) is 108 Å². The summed E-state index contributed by atoms with van der Waals surface area (Å²) in [5.74, 6) is -0.187. The first-order valence-electron chi connectivity index (χ1n) is 8.65. The lowest BCUT2D eigenvalue weighted by molar-refractivity contribution is -0.384. The molecule has 0 bridgehead atoms. The lowest BCUT2D eigenvalue weighted by Gasteiger charge is -2.32. The van der Waals surface area contributed by atoms with Crippen LogP contribution in [0.2, 0.25) is 0 Å². The molecule has 1 heterocycles. The van der Waals surface area contributed by atoms with Gasteiger partial charge in [0.1, 0.15) is 5.75 Å². The fraction of sp³-hybridized carbons (Fsp3) is 0.556. The van der Waals surface area contributed by atoms with Crippen LogP contribution in [-0.4, -0.2) is 54.3 Å². The van der Waals surface area contributed by atoms with Crippen molar-refractivity contribution in [2.45, 2.75) is 33.3 Å². The van der Waals surface area contributed by atoms with Crippen LogP contribution in [-0.2, 0) is 14.3 Å². The molecule has 1 aromatic carbocycles. The second-order valence-corrected chi connectivity index (χ2v) is 7.41. The largest absolute Gasteiger partial charge is 0.514 e. The fourth-order valence-electron chi connectivity index (χ4n) is 2.60. The van der Waals surface area contributed by atoms with Gasteiger partial charge in [-0.25, -0.2) is 4.79 Å². The first kappa shape index (κ1) is 20.6. The number of hydrogen-bond acceptors (Lipinski definition) is 7. The van der Waals surface area contributed by atoms with Crippen LogP contribution in [0.1, 0.15) is 27.2 Å². The Morgan fingerprint density at radius 1 is 1.22 bits per heavy atom. The molecule has 9 heteroatoms. The molecule has 1 amide bonds. The summed E-state index contributed by atoms with van der Waals surface area (Å²) < 4.78 is 15.6. The third-order valence-electron chi connectivity index (χ3n) is 3.88. The summed E-state index contributed by atoms with van der Waals surface area (Å²) in [6.07, 6.45) is -1.67. The number of nitro benzene ring substituents is 1. The number of rotatable bonds is 5. The van der Waals surface area contributed by atoms with E-state index in [-0.39, 0.29) is 22.8 Å². The Labute approximate surface area is 157 Å². The SMILES string of the molecule is CC(C)(C)CC(OC(=O)Oc1ccc([N+](=O)[O-])cc1)C(=O)N1CCOCC1. The lowest BCUT2D eigenvalue weighted by Crippen LogP contribution is -2.48. The van der Waals surface area contributed by atoms with Crippen molar-refractivity contribution in [3.63, 3.8) is 0 Å². The monoisotopic (exact) mass is 380 g/mol. The molecular weight excluding hydrogens is 356 g/mol. The number of nitro groups is 1. The summed E-state index contributed by atoms with van der Waals surface area (Å²) in [4.78, 5) is 36.6. The van der Waals surface area contributed by atoms with Crippen LogP contribution in [0.3, 0.4) is 0 Å². The molecular formula is C18H24N2O7.